The molecule has 6 nitrogen and oxygen atoms in total. The summed E-state index contributed by atoms with van der Waals surface area (Å²) in [5, 5.41) is 4.03. The molecule has 0 saturated carbocycles. The number of rotatable bonds is 3. The van der Waals surface area contributed by atoms with E-state index in [9.17, 15) is 13.2 Å². The Balaban J connectivity index is 1.61. The molecule has 3 fully saturated rings. The first-order chi connectivity index (χ1) is 12.9. The zero-order valence-corrected chi connectivity index (χ0v) is 16.9. The van der Waals surface area contributed by atoms with Gasteiger partial charge in [-0.1, -0.05) is 23.7 Å². The quantitative estimate of drug-likeness (QED) is 0.829. The number of amides is 2. The third-order valence-electron chi connectivity index (χ3n) is 6.07. The zero-order chi connectivity index (χ0) is 19.0. The largest absolute Gasteiger partial charge is 0.321 e. The normalized spacial score (nSPS) is 27.3. The van der Waals surface area contributed by atoms with Crippen molar-refractivity contribution in [1.82, 2.24) is 15.1 Å². The molecule has 0 spiro atoms. The van der Waals surface area contributed by atoms with Crippen LogP contribution < -0.4 is 5.32 Å². The SMILES string of the molecule is O=C1N(C2CCS(=O)(=O)CC2)CC(c2cccc(Cl)c2)N1C1CCNCC1. The highest BCUT2D eigenvalue weighted by atomic mass is 35.5. The molecule has 2 amide bonds. The summed E-state index contributed by atoms with van der Waals surface area (Å²) in [5.41, 5.74) is 1.06. The number of halogens is 1. The molecule has 1 N–H and O–H groups in total. The summed E-state index contributed by atoms with van der Waals surface area (Å²) >= 11 is 6.22. The summed E-state index contributed by atoms with van der Waals surface area (Å²) < 4.78 is 23.6. The fraction of sp³-hybridized carbons (Fsp3) is 0.632. The van der Waals surface area contributed by atoms with E-state index in [1.807, 2.05) is 34.1 Å². The summed E-state index contributed by atoms with van der Waals surface area (Å²) in [6.45, 7) is 2.44. The lowest BCUT2D eigenvalue weighted by atomic mass is 10.00. The van der Waals surface area contributed by atoms with Crippen LogP contribution in [0.25, 0.3) is 0 Å². The van der Waals surface area contributed by atoms with E-state index >= 15 is 0 Å². The van der Waals surface area contributed by atoms with E-state index in [-0.39, 0.29) is 35.7 Å². The summed E-state index contributed by atoms with van der Waals surface area (Å²) in [7, 11) is -2.95. The Morgan fingerprint density at radius 3 is 2.41 bits per heavy atom. The molecule has 3 aliphatic rings. The molecule has 1 unspecified atom stereocenters. The minimum absolute atomic E-state index is 0.00873. The van der Waals surface area contributed by atoms with Gasteiger partial charge in [-0.2, -0.15) is 0 Å². The minimum atomic E-state index is -2.95. The maximum absolute atomic E-state index is 13.4. The van der Waals surface area contributed by atoms with E-state index in [4.69, 9.17) is 11.6 Å². The van der Waals surface area contributed by atoms with Crippen LogP contribution in [0.2, 0.25) is 5.02 Å². The highest BCUT2D eigenvalue weighted by Gasteiger charge is 2.45. The van der Waals surface area contributed by atoms with E-state index in [1.165, 1.54) is 0 Å². The number of piperidine rings is 1. The Hall–Kier alpha value is -1.31. The van der Waals surface area contributed by atoms with Gasteiger partial charge in [0.15, 0.2) is 0 Å². The Bertz CT molecular complexity index is 796. The first-order valence-corrected chi connectivity index (χ1v) is 11.9. The summed E-state index contributed by atoms with van der Waals surface area (Å²) in [4.78, 5) is 17.3. The molecular formula is C19H26ClN3O3S. The number of hydrogen-bond acceptors (Lipinski definition) is 4. The predicted octanol–water partition coefficient (Wildman–Crippen LogP) is 2.45. The van der Waals surface area contributed by atoms with Crippen LogP contribution in [0.15, 0.2) is 24.3 Å². The van der Waals surface area contributed by atoms with Crippen molar-refractivity contribution in [2.75, 3.05) is 31.1 Å². The Morgan fingerprint density at radius 2 is 1.74 bits per heavy atom. The lowest BCUT2D eigenvalue weighted by Crippen LogP contribution is -2.48. The predicted molar refractivity (Wildman–Crippen MR) is 106 cm³/mol. The lowest BCUT2D eigenvalue weighted by Gasteiger charge is -2.36. The molecule has 8 heteroatoms. The van der Waals surface area contributed by atoms with Crippen LogP contribution in [-0.2, 0) is 9.84 Å². The molecule has 148 valence electrons. The third kappa shape index (κ3) is 3.96. The van der Waals surface area contributed by atoms with Crippen molar-refractivity contribution in [1.29, 1.82) is 0 Å². The van der Waals surface area contributed by atoms with Gasteiger partial charge in [0.2, 0.25) is 0 Å². The molecule has 0 radical (unpaired) electrons. The van der Waals surface area contributed by atoms with Crippen LogP contribution >= 0.6 is 11.6 Å². The van der Waals surface area contributed by atoms with Crippen LogP contribution in [0, 0.1) is 0 Å². The topological polar surface area (TPSA) is 69.7 Å². The van der Waals surface area contributed by atoms with Gasteiger partial charge in [0.25, 0.3) is 0 Å². The van der Waals surface area contributed by atoms with Crippen molar-refractivity contribution in [2.45, 2.75) is 43.8 Å². The number of benzene rings is 1. The van der Waals surface area contributed by atoms with Crippen molar-refractivity contribution in [2.24, 2.45) is 0 Å². The zero-order valence-electron chi connectivity index (χ0n) is 15.3. The van der Waals surface area contributed by atoms with E-state index < -0.39 is 9.84 Å². The molecule has 27 heavy (non-hydrogen) atoms. The molecule has 4 rings (SSSR count). The van der Waals surface area contributed by atoms with Crippen molar-refractivity contribution >= 4 is 27.5 Å². The molecule has 0 aromatic heterocycles. The second-order valence-electron chi connectivity index (χ2n) is 7.78. The summed E-state index contributed by atoms with van der Waals surface area (Å²) in [5.74, 6) is 0.354. The van der Waals surface area contributed by atoms with Gasteiger partial charge < -0.3 is 15.1 Å². The number of carbonyl (C=O) groups is 1. The Labute approximate surface area is 165 Å². The van der Waals surface area contributed by atoms with Crippen LogP contribution in [0.1, 0.15) is 37.3 Å². The summed E-state index contributed by atoms with van der Waals surface area (Å²) in [6.07, 6.45) is 2.96. The fourth-order valence-corrected chi connectivity index (χ4v) is 6.27. The van der Waals surface area contributed by atoms with Gasteiger partial charge in [0, 0.05) is 23.7 Å². The minimum Gasteiger partial charge on any atom is -0.319 e. The second kappa shape index (κ2) is 7.60. The number of urea groups is 1. The highest BCUT2D eigenvalue weighted by Crippen LogP contribution is 2.37. The summed E-state index contributed by atoms with van der Waals surface area (Å²) in [6, 6.07) is 8.00. The maximum Gasteiger partial charge on any atom is 0.321 e. The van der Waals surface area contributed by atoms with Crippen LogP contribution in [0.4, 0.5) is 4.79 Å². The average Bonchev–Trinajstić information content (AvgIpc) is 3.00. The van der Waals surface area contributed by atoms with E-state index in [2.05, 4.69) is 5.32 Å². The maximum atomic E-state index is 13.4. The molecule has 0 aliphatic carbocycles. The smallest absolute Gasteiger partial charge is 0.319 e. The van der Waals surface area contributed by atoms with Crippen molar-refractivity contribution in [3.05, 3.63) is 34.9 Å². The molecule has 1 atom stereocenters. The van der Waals surface area contributed by atoms with Crippen molar-refractivity contribution in [3.63, 3.8) is 0 Å². The molecule has 0 bridgehead atoms. The van der Waals surface area contributed by atoms with Crippen LogP contribution in [-0.4, -0.2) is 67.5 Å². The third-order valence-corrected chi connectivity index (χ3v) is 8.02. The van der Waals surface area contributed by atoms with E-state index in [0.29, 0.717) is 24.4 Å². The second-order valence-corrected chi connectivity index (χ2v) is 10.5. The van der Waals surface area contributed by atoms with Gasteiger partial charge in [-0.05, 0) is 56.5 Å². The van der Waals surface area contributed by atoms with Gasteiger partial charge in [-0.3, -0.25) is 0 Å². The highest BCUT2D eigenvalue weighted by molar-refractivity contribution is 7.91. The number of nitrogens with zero attached hydrogens (tertiary/aromatic N) is 2. The van der Waals surface area contributed by atoms with Crippen molar-refractivity contribution in [3.8, 4) is 0 Å². The molecule has 3 heterocycles. The first kappa shape index (κ1) is 19.0. The van der Waals surface area contributed by atoms with Crippen LogP contribution in [0.5, 0.6) is 0 Å². The van der Waals surface area contributed by atoms with Gasteiger partial charge in [-0.15, -0.1) is 0 Å². The Kier molecular flexibility index (Phi) is 5.36. The van der Waals surface area contributed by atoms with Gasteiger partial charge in [0.1, 0.15) is 9.84 Å². The van der Waals surface area contributed by atoms with Crippen molar-refractivity contribution < 1.29 is 13.2 Å². The molecule has 1 aromatic carbocycles. The molecule has 3 saturated heterocycles. The first-order valence-electron chi connectivity index (χ1n) is 9.70. The number of carbonyl (C=O) groups excluding carboxylic acids is 1. The lowest BCUT2D eigenvalue weighted by molar-refractivity contribution is 0.143. The average molecular weight is 412 g/mol. The monoisotopic (exact) mass is 411 g/mol. The van der Waals surface area contributed by atoms with Gasteiger partial charge in [-0.25, -0.2) is 13.2 Å². The Morgan fingerprint density at radius 1 is 1.04 bits per heavy atom. The number of hydrogen-bond donors (Lipinski definition) is 1. The molecular weight excluding hydrogens is 386 g/mol. The van der Waals surface area contributed by atoms with Gasteiger partial charge >= 0.3 is 6.03 Å². The van der Waals surface area contributed by atoms with E-state index in [1.54, 1.807) is 0 Å². The van der Waals surface area contributed by atoms with E-state index in [0.717, 1.165) is 31.5 Å². The van der Waals surface area contributed by atoms with Crippen LogP contribution in [0.3, 0.4) is 0 Å². The van der Waals surface area contributed by atoms with Gasteiger partial charge in [0.05, 0.1) is 17.5 Å². The number of nitrogens with one attached hydrogen (secondary N) is 1. The molecule has 1 aromatic rings. The number of sulfone groups is 1. The molecule has 3 aliphatic heterocycles. The standard InChI is InChI=1S/C19H26ClN3O3S/c20-15-3-1-2-14(12-15)18-13-22(16-6-10-27(25,26)11-7-16)19(24)23(18)17-4-8-21-9-5-17/h1-3,12,16-18,21H,4-11,13H2. The fourth-order valence-electron chi connectivity index (χ4n) is 4.60.